The summed E-state index contributed by atoms with van der Waals surface area (Å²) in [5.74, 6) is -0.722. The zero-order valence-corrected chi connectivity index (χ0v) is 22.3. The van der Waals surface area contributed by atoms with Gasteiger partial charge in [-0.25, -0.2) is 0 Å². The number of nitrogens with two attached hydrogens (primary N) is 2. The monoisotopic (exact) mass is 520 g/mol. The molecule has 4 aromatic rings. The second-order valence-corrected chi connectivity index (χ2v) is 9.26. The van der Waals surface area contributed by atoms with Crippen molar-refractivity contribution in [2.45, 2.75) is 47.0 Å². The second kappa shape index (κ2) is 11.0. The van der Waals surface area contributed by atoms with Crippen molar-refractivity contribution in [3.63, 3.8) is 0 Å². The van der Waals surface area contributed by atoms with Crippen molar-refractivity contribution in [1.82, 2.24) is 9.97 Å². The zero-order chi connectivity index (χ0) is 26.0. The highest BCUT2D eigenvalue weighted by Gasteiger charge is 2.43. The van der Waals surface area contributed by atoms with Gasteiger partial charge < -0.3 is 22.1 Å². The van der Waals surface area contributed by atoms with Crippen molar-refractivity contribution in [2.75, 3.05) is 22.1 Å². The molecule has 0 saturated heterocycles. The molecule has 2 heterocycles. The van der Waals surface area contributed by atoms with E-state index in [1.807, 2.05) is 39.8 Å². The molecule has 0 aliphatic rings. The standard InChI is InChI=1S/C28H32N6O2.ClH/c1-5-11-28(6-2,26(35)33-18-7-9-24-20(14-18)22(29)12-16(3)31-24)27(36)34-19-8-10-25-21(15-19)23(30)13-17(4)32-25;/h7-10,12-15H,5-6,11H2,1-4H3,(H2,29,31)(H2,30,32)(H,33,35)(H,34,36);1H. The van der Waals surface area contributed by atoms with E-state index in [-0.39, 0.29) is 24.2 Å². The molecule has 2 aromatic heterocycles. The number of nitrogens with zero attached hydrogens (tertiary/aromatic N) is 2. The Labute approximate surface area is 222 Å². The quantitative estimate of drug-likeness (QED) is 0.229. The van der Waals surface area contributed by atoms with Crippen LogP contribution in [-0.4, -0.2) is 21.8 Å². The summed E-state index contributed by atoms with van der Waals surface area (Å²) in [5, 5.41) is 7.40. The molecule has 0 unspecified atom stereocenters. The smallest absolute Gasteiger partial charge is 0.240 e. The number of carbonyl (C=O) groups is 2. The summed E-state index contributed by atoms with van der Waals surface area (Å²) < 4.78 is 0. The fraction of sp³-hybridized carbons (Fsp3) is 0.286. The maximum atomic E-state index is 13.6. The molecule has 8 nitrogen and oxygen atoms in total. The Morgan fingerprint density at radius 2 is 1.22 bits per heavy atom. The van der Waals surface area contributed by atoms with Crippen LogP contribution in [0.25, 0.3) is 21.8 Å². The van der Waals surface area contributed by atoms with Crippen LogP contribution < -0.4 is 22.1 Å². The third kappa shape index (κ3) is 5.44. The van der Waals surface area contributed by atoms with Crippen molar-refractivity contribution >= 4 is 68.8 Å². The largest absolute Gasteiger partial charge is 0.398 e. The number of fused-ring (bicyclic) bond motifs is 2. The van der Waals surface area contributed by atoms with E-state index in [4.69, 9.17) is 11.5 Å². The van der Waals surface area contributed by atoms with Gasteiger partial charge in [0.1, 0.15) is 5.41 Å². The van der Waals surface area contributed by atoms with Gasteiger partial charge in [-0.3, -0.25) is 19.6 Å². The van der Waals surface area contributed by atoms with Crippen LogP contribution in [0.4, 0.5) is 22.7 Å². The van der Waals surface area contributed by atoms with E-state index in [0.717, 1.165) is 33.2 Å². The summed E-state index contributed by atoms with van der Waals surface area (Å²) in [6.07, 6.45) is 1.40. The first-order valence-corrected chi connectivity index (χ1v) is 12.1. The van der Waals surface area contributed by atoms with Gasteiger partial charge in [0.2, 0.25) is 11.8 Å². The minimum absolute atomic E-state index is 0. The maximum absolute atomic E-state index is 13.6. The SMILES string of the molecule is CCCC(CC)(C(=O)Nc1ccc2nc(C)cc(N)c2c1)C(=O)Nc1ccc2nc(C)cc(N)c2c1.Cl. The fourth-order valence-electron chi connectivity index (χ4n) is 4.69. The number of benzene rings is 2. The van der Waals surface area contributed by atoms with Crippen LogP contribution in [0.15, 0.2) is 48.5 Å². The number of amides is 2. The molecule has 0 saturated carbocycles. The summed E-state index contributed by atoms with van der Waals surface area (Å²) in [5.41, 5.74) is 16.5. The third-order valence-corrected chi connectivity index (χ3v) is 6.60. The van der Waals surface area contributed by atoms with Gasteiger partial charge in [-0.05, 0) is 75.2 Å². The molecule has 0 fully saturated rings. The van der Waals surface area contributed by atoms with Gasteiger partial charge in [0, 0.05) is 44.9 Å². The Kier molecular flexibility index (Phi) is 8.23. The first kappa shape index (κ1) is 27.7. The number of hydrogen-bond acceptors (Lipinski definition) is 6. The van der Waals surface area contributed by atoms with E-state index in [9.17, 15) is 9.59 Å². The van der Waals surface area contributed by atoms with Crippen LogP contribution in [0.1, 0.15) is 44.5 Å². The zero-order valence-electron chi connectivity index (χ0n) is 21.5. The molecule has 194 valence electrons. The topological polar surface area (TPSA) is 136 Å². The van der Waals surface area contributed by atoms with E-state index in [1.165, 1.54) is 0 Å². The summed E-state index contributed by atoms with van der Waals surface area (Å²) in [6, 6.07) is 14.4. The van der Waals surface area contributed by atoms with Crippen molar-refractivity contribution in [2.24, 2.45) is 5.41 Å². The Hall–Kier alpha value is -3.91. The minimum atomic E-state index is -1.26. The third-order valence-electron chi connectivity index (χ3n) is 6.60. The predicted molar refractivity (Wildman–Crippen MR) is 154 cm³/mol. The number of anilines is 4. The molecule has 2 aromatic carbocycles. The highest BCUT2D eigenvalue weighted by Crippen LogP contribution is 2.34. The number of nitrogen functional groups attached to an aromatic ring is 2. The van der Waals surface area contributed by atoms with Crippen LogP contribution in [0.5, 0.6) is 0 Å². The lowest BCUT2D eigenvalue weighted by Crippen LogP contribution is -2.46. The molecule has 0 spiro atoms. The molecular weight excluding hydrogens is 488 g/mol. The lowest BCUT2D eigenvalue weighted by Gasteiger charge is -2.30. The van der Waals surface area contributed by atoms with Crippen LogP contribution in [0.2, 0.25) is 0 Å². The number of pyridine rings is 2. The van der Waals surface area contributed by atoms with Gasteiger partial charge in [-0.1, -0.05) is 20.3 Å². The van der Waals surface area contributed by atoms with Crippen LogP contribution in [0.3, 0.4) is 0 Å². The van der Waals surface area contributed by atoms with Crippen molar-refractivity contribution in [3.8, 4) is 0 Å². The molecule has 0 bridgehead atoms. The molecule has 0 atom stereocenters. The normalized spacial score (nSPS) is 11.2. The van der Waals surface area contributed by atoms with Gasteiger partial charge in [-0.2, -0.15) is 0 Å². The van der Waals surface area contributed by atoms with Gasteiger partial charge >= 0.3 is 0 Å². The Morgan fingerprint density at radius 1 is 0.784 bits per heavy atom. The molecular formula is C28H33ClN6O2. The highest BCUT2D eigenvalue weighted by atomic mass is 35.5. The minimum Gasteiger partial charge on any atom is -0.398 e. The van der Waals surface area contributed by atoms with E-state index < -0.39 is 5.41 Å². The highest BCUT2D eigenvalue weighted by molar-refractivity contribution is 6.15. The lowest BCUT2D eigenvalue weighted by molar-refractivity contribution is -0.138. The van der Waals surface area contributed by atoms with Crippen molar-refractivity contribution in [3.05, 3.63) is 59.9 Å². The van der Waals surface area contributed by atoms with Crippen LogP contribution in [-0.2, 0) is 9.59 Å². The van der Waals surface area contributed by atoms with E-state index in [2.05, 4.69) is 20.6 Å². The number of aromatic nitrogens is 2. The first-order valence-electron chi connectivity index (χ1n) is 12.1. The molecule has 0 radical (unpaired) electrons. The molecule has 0 aliphatic heterocycles. The summed E-state index contributed by atoms with van der Waals surface area (Å²) >= 11 is 0. The number of aryl methyl sites for hydroxylation is 2. The second-order valence-electron chi connectivity index (χ2n) is 9.26. The summed E-state index contributed by atoms with van der Waals surface area (Å²) in [6.45, 7) is 7.57. The summed E-state index contributed by atoms with van der Waals surface area (Å²) in [7, 11) is 0. The predicted octanol–water partition coefficient (Wildman–Crippen LogP) is 5.76. The van der Waals surface area contributed by atoms with E-state index >= 15 is 0 Å². The molecule has 6 N–H and O–H groups in total. The number of nitrogens with one attached hydrogen (secondary N) is 2. The average molecular weight is 521 g/mol. The molecule has 0 aliphatic carbocycles. The van der Waals surface area contributed by atoms with Gasteiger partial charge in [-0.15, -0.1) is 12.4 Å². The number of carbonyl (C=O) groups excluding carboxylic acids is 2. The average Bonchev–Trinajstić information content (AvgIpc) is 2.83. The molecule has 4 rings (SSSR count). The van der Waals surface area contributed by atoms with E-state index in [1.54, 1.807) is 36.4 Å². The van der Waals surface area contributed by atoms with Crippen LogP contribution in [0, 0.1) is 19.3 Å². The Bertz CT molecular complexity index is 1380. The van der Waals surface area contributed by atoms with Gasteiger partial charge in [0.05, 0.1) is 11.0 Å². The molecule has 37 heavy (non-hydrogen) atoms. The van der Waals surface area contributed by atoms with Gasteiger partial charge in [0.25, 0.3) is 0 Å². The van der Waals surface area contributed by atoms with Crippen molar-refractivity contribution < 1.29 is 9.59 Å². The molecule has 2 amide bonds. The van der Waals surface area contributed by atoms with E-state index in [0.29, 0.717) is 42.0 Å². The van der Waals surface area contributed by atoms with Gasteiger partial charge in [0.15, 0.2) is 0 Å². The molecule has 9 heteroatoms. The maximum Gasteiger partial charge on any atom is 0.240 e. The lowest BCUT2D eigenvalue weighted by atomic mass is 9.78. The van der Waals surface area contributed by atoms with Crippen LogP contribution >= 0.6 is 12.4 Å². The number of rotatable bonds is 7. The Morgan fingerprint density at radius 3 is 1.59 bits per heavy atom. The number of hydrogen-bond donors (Lipinski definition) is 4. The van der Waals surface area contributed by atoms with Crippen molar-refractivity contribution in [1.29, 1.82) is 0 Å². The number of halogens is 1. The first-order chi connectivity index (χ1) is 17.2. The fourth-order valence-corrected chi connectivity index (χ4v) is 4.69. The summed E-state index contributed by atoms with van der Waals surface area (Å²) in [4.78, 5) is 36.2. The Balaban J connectivity index is 0.00000380.